The molecule has 0 saturated carbocycles. The summed E-state index contributed by atoms with van der Waals surface area (Å²) < 4.78 is 10.1. The number of nitrogens with one attached hydrogen (secondary N) is 1. The summed E-state index contributed by atoms with van der Waals surface area (Å²) in [5.74, 6) is -0.523. The molecule has 2 rings (SSSR count). The molecule has 1 aromatic heterocycles. The first-order valence-electron chi connectivity index (χ1n) is 7.26. The molecule has 1 aromatic carbocycles. The van der Waals surface area contributed by atoms with Crippen LogP contribution in [0.25, 0.3) is 11.5 Å². The molecule has 0 aliphatic rings. The Morgan fingerprint density at radius 1 is 1.26 bits per heavy atom. The fourth-order valence-electron chi connectivity index (χ4n) is 1.76. The zero-order chi connectivity index (χ0) is 16.9. The maximum Gasteiger partial charge on any atom is 0.338 e. The second kappa shape index (κ2) is 7.04. The summed E-state index contributed by atoms with van der Waals surface area (Å²) in [6.45, 7) is 5.47. The summed E-state index contributed by atoms with van der Waals surface area (Å²) in [4.78, 5) is 23.7. The molecule has 7 nitrogen and oxygen atoms in total. The summed E-state index contributed by atoms with van der Waals surface area (Å²) in [5.41, 5.74) is 0.715. The molecule has 23 heavy (non-hydrogen) atoms. The predicted octanol–water partition coefficient (Wildman–Crippen LogP) is 2.20. The average Bonchev–Trinajstić information content (AvgIpc) is 3.07. The van der Waals surface area contributed by atoms with Gasteiger partial charge in [0.2, 0.25) is 12.3 Å². The van der Waals surface area contributed by atoms with Gasteiger partial charge in [0.05, 0.1) is 5.56 Å². The maximum atomic E-state index is 11.9. The number of hydrogen-bond acceptors (Lipinski definition) is 6. The molecular weight excluding hydrogens is 298 g/mol. The highest BCUT2D eigenvalue weighted by Crippen LogP contribution is 2.17. The predicted molar refractivity (Wildman–Crippen MR) is 82.5 cm³/mol. The van der Waals surface area contributed by atoms with Gasteiger partial charge in [0, 0.05) is 11.1 Å². The lowest BCUT2D eigenvalue weighted by Gasteiger charge is -2.24. The minimum Gasteiger partial charge on any atom is -0.452 e. The van der Waals surface area contributed by atoms with Crippen LogP contribution in [0, 0.1) is 0 Å². The van der Waals surface area contributed by atoms with Gasteiger partial charge in [-0.25, -0.2) is 4.79 Å². The number of ether oxygens (including phenoxy) is 1. The summed E-state index contributed by atoms with van der Waals surface area (Å²) >= 11 is 0. The summed E-state index contributed by atoms with van der Waals surface area (Å²) in [6.07, 6.45) is 2.01. The lowest BCUT2D eigenvalue weighted by Crippen LogP contribution is -2.44. The van der Waals surface area contributed by atoms with Crippen LogP contribution in [0.4, 0.5) is 0 Å². The summed E-state index contributed by atoms with van der Waals surface area (Å²) in [6, 6.07) is 6.50. The van der Waals surface area contributed by atoms with Crippen molar-refractivity contribution < 1.29 is 18.7 Å². The number of hydrogen-bond donors (Lipinski definition) is 1. The first-order valence-corrected chi connectivity index (χ1v) is 7.26. The van der Waals surface area contributed by atoms with Crippen molar-refractivity contribution in [1.29, 1.82) is 0 Å². The van der Waals surface area contributed by atoms with Crippen LogP contribution in [-0.2, 0) is 9.53 Å². The van der Waals surface area contributed by atoms with Gasteiger partial charge >= 0.3 is 5.97 Å². The van der Waals surface area contributed by atoms with Gasteiger partial charge in [0.15, 0.2) is 6.61 Å². The SMILES string of the molecule is CCC(C)(C)NC(=O)COC(=O)c1ccc(-c2nnco2)cc1. The van der Waals surface area contributed by atoms with Crippen molar-refractivity contribution in [2.75, 3.05) is 6.61 Å². The monoisotopic (exact) mass is 317 g/mol. The highest BCUT2D eigenvalue weighted by atomic mass is 16.5. The Bertz CT molecular complexity index is 663. The molecule has 0 saturated heterocycles. The molecule has 0 aliphatic carbocycles. The van der Waals surface area contributed by atoms with Crippen LogP contribution < -0.4 is 5.32 Å². The zero-order valence-corrected chi connectivity index (χ0v) is 13.3. The summed E-state index contributed by atoms with van der Waals surface area (Å²) in [7, 11) is 0. The van der Waals surface area contributed by atoms with Crippen molar-refractivity contribution in [2.45, 2.75) is 32.7 Å². The van der Waals surface area contributed by atoms with Crippen molar-refractivity contribution in [2.24, 2.45) is 0 Å². The van der Waals surface area contributed by atoms with Crippen molar-refractivity contribution >= 4 is 11.9 Å². The van der Waals surface area contributed by atoms with Gasteiger partial charge in [-0.1, -0.05) is 6.92 Å². The number of amides is 1. The van der Waals surface area contributed by atoms with E-state index < -0.39 is 5.97 Å². The smallest absolute Gasteiger partial charge is 0.338 e. The third-order valence-corrected chi connectivity index (χ3v) is 3.42. The molecule has 1 heterocycles. The Kier molecular flexibility index (Phi) is 5.10. The first kappa shape index (κ1) is 16.7. The molecular formula is C16H19N3O4. The van der Waals surface area contributed by atoms with Crippen LogP contribution in [0.3, 0.4) is 0 Å². The fraction of sp³-hybridized carbons (Fsp3) is 0.375. The van der Waals surface area contributed by atoms with Crippen LogP contribution in [-0.4, -0.2) is 34.2 Å². The quantitative estimate of drug-likeness (QED) is 0.821. The maximum absolute atomic E-state index is 11.9. The Balaban J connectivity index is 1.90. The number of benzene rings is 1. The normalized spacial score (nSPS) is 11.1. The molecule has 122 valence electrons. The van der Waals surface area contributed by atoms with E-state index >= 15 is 0 Å². The molecule has 0 bridgehead atoms. The molecule has 0 atom stereocenters. The third kappa shape index (κ3) is 4.64. The molecule has 0 unspecified atom stereocenters. The molecule has 7 heteroatoms. The van der Waals surface area contributed by atoms with Gasteiger partial charge in [-0.3, -0.25) is 4.79 Å². The Labute approximate surface area is 134 Å². The zero-order valence-electron chi connectivity index (χ0n) is 13.3. The van der Waals surface area contributed by atoms with Gasteiger partial charge in [0.1, 0.15) is 0 Å². The molecule has 2 aromatic rings. The number of rotatable bonds is 6. The van der Waals surface area contributed by atoms with Crippen molar-refractivity contribution in [1.82, 2.24) is 15.5 Å². The second-order valence-electron chi connectivity index (χ2n) is 5.68. The molecule has 0 radical (unpaired) electrons. The van der Waals surface area contributed by atoms with Crippen LogP contribution in [0.1, 0.15) is 37.6 Å². The number of nitrogens with zero attached hydrogens (tertiary/aromatic N) is 2. The van der Waals surface area contributed by atoms with Gasteiger partial charge < -0.3 is 14.5 Å². The van der Waals surface area contributed by atoms with Gasteiger partial charge in [-0.05, 0) is 44.5 Å². The Morgan fingerprint density at radius 3 is 2.52 bits per heavy atom. The van der Waals surface area contributed by atoms with E-state index in [2.05, 4.69) is 15.5 Å². The minimum atomic E-state index is -0.563. The van der Waals surface area contributed by atoms with E-state index in [0.29, 0.717) is 17.0 Å². The van der Waals surface area contributed by atoms with E-state index in [9.17, 15) is 9.59 Å². The van der Waals surface area contributed by atoms with E-state index in [1.807, 2.05) is 20.8 Å². The molecule has 1 N–H and O–H groups in total. The van der Waals surface area contributed by atoms with E-state index in [4.69, 9.17) is 9.15 Å². The van der Waals surface area contributed by atoms with Gasteiger partial charge in [-0.15, -0.1) is 10.2 Å². The molecule has 0 spiro atoms. The van der Waals surface area contributed by atoms with Gasteiger partial charge in [-0.2, -0.15) is 0 Å². The number of esters is 1. The number of carbonyl (C=O) groups excluding carboxylic acids is 2. The van der Waals surface area contributed by atoms with Crippen LogP contribution >= 0.6 is 0 Å². The Morgan fingerprint density at radius 2 is 1.96 bits per heavy atom. The number of carbonyl (C=O) groups is 2. The second-order valence-corrected chi connectivity index (χ2v) is 5.68. The average molecular weight is 317 g/mol. The fourth-order valence-corrected chi connectivity index (χ4v) is 1.76. The van der Waals surface area contributed by atoms with Gasteiger partial charge in [0.25, 0.3) is 5.91 Å². The summed E-state index contributed by atoms with van der Waals surface area (Å²) in [5, 5.41) is 10.2. The van der Waals surface area contributed by atoms with Crippen molar-refractivity contribution in [3.63, 3.8) is 0 Å². The highest BCUT2D eigenvalue weighted by Gasteiger charge is 2.19. The topological polar surface area (TPSA) is 94.3 Å². The number of aromatic nitrogens is 2. The van der Waals surface area contributed by atoms with Crippen LogP contribution in [0.2, 0.25) is 0 Å². The lowest BCUT2D eigenvalue weighted by atomic mass is 10.0. The highest BCUT2D eigenvalue weighted by molar-refractivity contribution is 5.91. The lowest BCUT2D eigenvalue weighted by molar-refractivity contribution is -0.125. The largest absolute Gasteiger partial charge is 0.452 e. The molecule has 0 aliphatic heterocycles. The van der Waals surface area contributed by atoms with Crippen LogP contribution in [0.5, 0.6) is 0 Å². The van der Waals surface area contributed by atoms with E-state index in [0.717, 1.165) is 6.42 Å². The molecule has 0 fully saturated rings. The molecule has 1 amide bonds. The van der Waals surface area contributed by atoms with E-state index in [1.165, 1.54) is 6.39 Å². The Hall–Kier alpha value is -2.70. The van der Waals surface area contributed by atoms with Crippen molar-refractivity contribution in [3.05, 3.63) is 36.2 Å². The van der Waals surface area contributed by atoms with Crippen LogP contribution in [0.15, 0.2) is 35.1 Å². The first-order chi connectivity index (χ1) is 10.9. The third-order valence-electron chi connectivity index (χ3n) is 3.42. The van der Waals surface area contributed by atoms with Crippen molar-refractivity contribution in [3.8, 4) is 11.5 Å². The minimum absolute atomic E-state index is 0.312. The van der Waals surface area contributed by atoms with E-state index in [1.54, 1.807) is 24.3 Å². The standard InChI is InChI=1S/C16H19N3O4/c1-4-16(2,3)18-13(20)9-22-15(21)12-7-5-11(6-8-12)14-19-17-10-23-14/h5-8,10H,4,9H2,1-3H3,(H,18,20). The van der Waals surface area contributed by atoms with E-state index in [-0.39, 0.29) is 18.1 Å².